The lowest BCUT2D eigenvalue weighted by Crippen LogP contribution is -2.26. The van der Waals surface area contributed by atoms with Crippen LogP contribution in [-0.4, -0.2) is 40.9 Å². The molecule has 0 aliphatic carbocycles. The second kappa shape index (κ2) is 8.99. The van der Waals surface area contributed by atoms with E-state index in [0.29, 0.717) is 24.0 Å². The molecule has 1 N–H and O–H groups in total. The third-order valence-corrected chi connectivity index (χ3v) is 4.56. The van der Waals surface area contributed by atoms with Crippen LogP contribution in [0.2, 0.25) is 5.02 Å². The lowest BCUT2D eigenvalue weighted by atomic mass is 10.1. The summed E-state index contributed by atoms with van der Waals surface area (Å²) in [6.45, 7) is 5.14. The summed E-state index contributed by atoms with van der Waals surface area (Å²) in [5.41, 5.74) is 3.91. The third kappa shape index (κ3) is 4.58. The summed E-state index contributed by atoms with van der Waals surface area (Å²) in [6, 6.07) is 13.4. The van der Waals surface area contributed by atoms with E-state index >= 15 is 0 Å². The number of nitrogens with one attached hydrogen (secondary N) is 1. The van der Waals surface area contributed by atoms with Gasteiger partial charge < -0.3 is 10.1 Å². The Morgan fingerprint density at radius 1 is 1.18 bits per heavy atom. The number of hydrogen-bond donors (Lipinski definition) is 1. The summed E-state index contributed by atoms with van der Waals surface area (Å²) < 4.78 is 6.71. The molecule has 2 aromatic carbocycles. The fraction of sp³-hybridized carbons (Fsp3) is 0.286. The average molecular weight is 399 g/mol. The van der Waals surface area contributed by atoms with E-state index < -0.39 is 0 Å². The molecular formula is C21H23ClN4O2. The molecule has 1 heterocycles. The number of hydrogen-bond acceptors (Lipinski definition) is 4. The van der Waals surface area contributed by atoms with Gasteiger partial charge in [0.15, 0.2) is 5.82 Å². The topological polar surface area (TPSA) is 69.0 Å². The number of halogens is 1. The second-order valence-corrected chi connectivity index (χ2v) is 7.01. The minimum Gasteiger partial charge on any atom is -0.385 e. The van der Waals surface area contributed by atoms with E-state index in [4.69, 9.17) is 16.3 Å². The Labute approximate surface area is 169 Å². The number of carbonyl (C=O) groups is 1. The van der Waals surface area contributed by atoms with E-state index in [0.717, 1.165) is 28.8 Å². The number of ether oxygens (including phenoxy) is 1. The third-order valence-electron chi connectivity index (χ3n) is 4.30. The maximum atomic E-state index is 12.5. The molecule has 28 heavy (non-hydrogen) atoms. The first kappa shape index (κ1) is 20.0. The van der Waals surface area contributed by atoms with E-state index in [1.165, 1.54) is 0 Å². The number of methoxy groups -OCH3 is 1. The van der Waals surface area contributed by atoms with Gasteiger partial charge in [-0.3, -0.25) is 4.79 Å². The van der Waals surface area contributed by atoms with Crippen molar-refractivity contribution in [1.82, 2.24) is 20.1 Å². The van der Waals surface area contributed by atoms with Crippen LogP contribution in [0.3, 0.4) is 0 Å². The van der Waals surface area contributed by atoms with Crippen molar-refractivity contribution in [3.05, 3.63) is 64.4 Å². The molecule has 7 heteroatoms. The molecule has 0 fully saturated rings. The van der Waals surface area contributed by atoms with Crippen LogP contribution in [0.25, 0.3) is 17.1 Å². The zero-order valence-electron chi connectivity index (χ0n) is 16.2. The Kier molecular flexibility index (Phi) is 6.44. The number of carbonyl (C=O) groups excluding carboxylic acids is 1. The SMILES string of the molecule is COCCCNC(=O)c1nc(-c2ccc(Cl)cc2)n(-c2ccc(C)cc2C)n1. The fourth-order valence-electron chi connectivity index (χ4n) is 2.90. The van der Waals surface area contributed by atoms with Gasteiger partial charge in [0, 0.05) is 30.8 Å². The quantitative estimate of drug-likeness (QED) is 0.611. The minimum atomic E-state index is -0.310. The highest BCUT2D eigenvalue weighted by atomic mass is 35.5. The molecule has 0 atom stereocenters. The van der Waals surface area contributed by atoms with Crippen LogP contribution in [0.15, 0.2) is 42.5 Å². The van der Waals surface area contributed by atoms with Crippen molar-refractivity contribution in [2.24, 2.45) is 0 Å². The molecule has 0 saturated heterocycles. The number of amides is 1. The fourth-order valence-corrected chi connectivity index (χ4v) is 3.03. The van der Waals surface area contributed by atoms with Crippen molar-refractivity contribution >= 4 is 17.5 Å². The summed E-state index contributed by atoms with van der Waals surface area (Å²) in [5, 5.41) is 7.97. The van der Waals surface area contributed by atoms with Crippen LogP contribution in [-0.2, 0) is 4.74 Å². The first-order valence-corrected chi connectivity index (χ1v) is 9.45. The monoisotopic (exact) mass is 398 g/mol. The molecule has 0 radical (unpaired) electrons. The first-order chi connectivity index (χ1) is 13.5. The van der Waals surface area contributed by atoms with Crippen molar-refractivity contribution in [2.45, 2.75) is 20.3 Å². The van der Waals surface area contributed by atoms with Gasteiger partial charge in [0.25, 0.3) is 5.91 Å². The highest BCUT2D eigenvalue weighted by Gasteiger charge is 2.19. The molecule has 6 nitrogen and oxygen atoms in total. The minimum absolute atomic E-state index is 0.127. The molecule has 0 spiro atoms. The largest absolute Gasteiger partial charge is 0.385 e. The lowest BCUT2D eigenvalue weighted by molar-refractivity contribution is 0.0938. The number of aromatic nitrogens is 3. The average Bonchev–Trinajstić information content (AvgIpc) is 3.11. The van der Waals surface area contributed by atoms with E-state index in [-0.39, 0.29) is 11.7 Å². The second-order valence-electron chi connectivity index (χ2n) is 6.57. The summed E-state index contributed by atoms with van der Waals surface area (Å²) >= 11 is 6.02. The molecule has 3 aromatic rings. The van der Waals surface area contributed by atoms with E-state index in [1.807, 2.05) is 38.1 Å². The van der Waals surface area contributed by atoms with Gasteiger partial charge in [-0.05, 0) is 56.2 Å². The maximum absolute atomic E-state index is 12.5. The van der Waals surface area contributed by atoms with Crippen LogP contribution < -0.4 is 5.32 Å². The molecule has 0 aliphatic rings. The highest BCUT2D eigenvalue weighted by molar-refractivity contribution is 6.30. The Balaban J connectivity index is 2.00. The predicted octanol–water partition coefficient (Wildman–Crippen LogP) is 3.97. The summed E-state index contributed by atoms with van der Waals surface area (Å²) in [4.78, 5) is 17.0. The number of rotatable bonds is 7. The Bertz CT molecular complexity index is 967. The van der Waals surface area contributed by atoms with Crippen molar-refractivity contribution in [3.63, 3.8) is 0 Å². The number of benzene rings is 2. The zero-order chi connectivity index (χ0) is 20.1. The molecular weight excluding hydrogens is 376 g/mol. The molecule has 3 rings (SSSR count). The molecule has 146 valence electrons. The number of nitrogens with zero attached hydrogens (tertiary/aromatic N) is 3. The Morgan fingerprint density at radius 2 is 1.93 bits per heavy atom. The summed E-state index contributed by atoms with van der Waals surface area (Å²) in [7, 11) is 1.63. The van der Waals surface area contributed by atoms with E-state index in [1.54, 1.807) is 23.9 Å². The normalized spacial score (nSPS) is 10.9. The van der Waals surface area contributed by atoms with Crippen LogP contribution in [0.4, 0.5) is 0 Å². The number of aryl methyl sites for hydroxylation is 2. The van der Waals surface area contributed by atoms with Gasteiger partial charge >= 0.3 is 0 Å². The van der Waals surface area contributed by atoms with E-state index in [2.05, 4.69) is 21.5 Å². The molecule has 1 aromatic heterocycles. The predicted molar refractivity (Wildman–Crippen MR) is 110 cm³/mol. The van der Waals surface area contributed by atoms with Crippen LogP contribution in [0.1, 0.15) is 28.2 Å². The molecule has 0 unspecified atom stereocenters. The van der Waals surface area contributed by atoms with Gasteiger partial charge in [-0.1, -0.05) is 29.3 Å². The van der Waals surface area contributed by atoms with Crippen molar-refractivity contribution in [2.75, 3.05) is 20.3 Å². The van der Waals surface area contributed by atoms with Gasteiger partial charge in [-0.2, -0.15) is 0 Å². The zero-order valence-corrected chi connectivity index (χ0v) is 17.0. The molecule has 0 aliphatic heterocycles. The molecule has 1 amide bonds. The summed E-state index contributed by atoms with van der Waals surface area (Å²) in [5.74, 6) is 0.405. The lowest BCUT2D eigenvalue weighted by Gasteiger charge is -2.10. The van der Waals surface area contributed by atoms with Gasteiger partial charge in [0.05, 0.1) is 5.69 Å². The highest BCUT2D eigenvalue weighted by Crippen LogP contribution is 2.25. The van der Waals surface area contributed by atoms with Gasteiger partial charge in [-0.25, -0.2) is 9.67 Å². The van der Waals surface area contributed by atoms with Crippen LogP contribution in [0, 0.1) is 13.8 Å². The van der Waals surface area contributed by atoms with Gasteiger partial charge in [0.1, 0.15) is 0 Å². The smallest absolute Gasteiger partial charge is 0.290 e. The van der Waals surface area contributed by atoms with E-state index in [9.17, 15) is 4.79 Å². The van der Waals surface area contributed by atoms with Crippen molar-refractivity contribution in [1.29, 1.82) is 0 Å². The standard InChI is InChI=1S/C21H23ClN4O2/c1-14-5-10-18(15(2)13-14)26-20(16-6-8-17(22)9-7-16)24-19(25-26)21(27)23-11-4-12-28-3/h5-10,13H,4,11-12H2,1-3H3,(H,23,27). The van der Waals surface area contributed by atoms with Crippen molar-refractivity contribution in [3.8, 4) is 17.1 Å². The first-order valence-electron chi connectivity index (χ1n) is 9.07. The van der Waals surface area contributed by atoms with Crippen LogP contribution >= 0.6 is 11.6 Å². The maximum Gasteiger partial charge on any atom is 0.290 e. The van der Waals surface area contributed by atoms with Crippen molar-refractivity contribution < 1.29 is 9.53 Å². The van der Waals surface area contributed by atoms with Gasteiger partial charge in [-0.15, -0.1) is 5.10 Å². The molecule has 0 saturated carbocycles. The Hall–Kier alpha value is -2.70. The summed E-state index contributed by atoms with van der Waals surface area (Å²) in [6.07, 6.45) is 0.726. The Morgan fingerprint density at radius 3 is 2.61 bits per heavy atom. The molecule has 0 bridgehead atoms. The van der Waals surface area contributed by atoms with Crippen LogP contribution in [0.5, 0.6) is 0 Å². The van der Waals surface area contributed by atoms with Gasteiger partial charge in [0.2, 0.25) is 5.82 Å².